The number of aryl methyl sites for hydroxylation is 1. The lowest BCUT2D eigenvalue weighted by Crippen LogP contribution is -2.44. The van der Waals surface area contributed by atoms with Crippen LogP contribution in [0.2, 0.25) is 0 Å². The molecule has 2 atom stereocenters. The second-order valence-corrected chi connectivity index (χ2v) is 8.57. The summed E-state index contributed by atoms with van der Waals surface area (Å²) >= 11 is 0. The van der Waals surface area contributed by atoms with Gasteiger partial charge < -0.3 is 9.30 Å². The maximum absolute atomic E-state index is 13.5. The third-order valence-corrected chi connectivity index (χ3v) is 6.21. The minimum Gasteiger partial charge on any atom is -0.492 e. The number of hydrogen-bond acceptors (Lipinski definition) is 5. The van der Waals surface area contributed by atoms with Crippen LogP contribution < -0.4 is 20.5 Å². The van der Waals surface area contributed by atoms with E-state index in [4.69, 9.17) is 14.7 Å². The summed E-state index contributed by atoms with van der Waals surface area (Å²) in [7, 11) is 1.74. The van der Waals surface area contributed by atoms with Gasteiger partial charge in [0.15, 0.2) is 6.19 Å². The second-order valence-electron chi connectivity index (χ2n) is 8.57. The average Bonchev–Trinajstić information content (AvgIpc) is 2.92. The zero-order chi connectivity index (χ0) is 26.4. The molecule has 4 aromatic rings. The smallest absolute Gasteiger partial charge is 0.274 e. The van der Waals surface area contributed by atoms with Gasteiger partial charge in [0.1, 0.15) is 11.4 Å². The van der Waals surface area contributed by atoms with Gasteiger partial charge in [0.25, 0.3) is 5.56 Å². The molecule has 0 fully saturated rings. The van der Waals surface area contributed by atoms with E-state index in [0.717, 1.165) is 11.1 Å². The first-order valence-corrected chi connectivity index (χ1v) is 12.2. The van der Waals surface area contributed by atoms with Crippen LogP contribution in [0.1, 0.15) is 44.1 Å². The van der Waals surface area contributed by atoms with E-state index in [1.807, 2.05) is 111 Å². The van der Waals surface area contributed by atoms with E-state index in [1.54, 1.807) is 11.6 Å². The predicted octanol–water partition coefficient (Wildman–Crippen LogP) is 5.09. The third-order valence-electron chi connectivity index (χ3n) is 6.21. The van der Waals surface area contributed by atoms with Gasteiger partial charge in [-0.25, -0.2) is 9.98 Å². The summed E-state index contributed by atoms with van der Waals surface area (Å²) in [5, 5.41) is 12.5. The summed E-state index contributed by atoms with van der Waals surface area (Å²) in [6.45, 7) is 6.20. The van der Waals surface area contributed by atoms with Crippen LogP contribution in [-0.2, 0) is 7.05 Å². The van der Waals surface area contributed by atoms with E-state index in [0.29, 0.717) is 29.3 Å². The number of benzene rings is 3. The highest BCUT2D eigenvalue weighted by Gasteiger charge is 2.29. The molecule has 0 aliphatic heterocycles. The van der Waals surface area contributed by atoms with Gasteiger partial charge in [-0.15, -0.1) is 0 Å². The number of para-hydroxylation sites is 4. The van der Waals surface area contributed by atoms with Crippen molar-refractivity contribution >= 4 is 22.7 Å². The summed E-state index contributed by atoms with van der Waals surface area (Å²) in [5.41, 5.74) is 3.20. The van der Waals surface area contributed by atoms with E-state index >= 15 is 0 Å². The van der Waals surface area contributed by atoms with Crippen LogP contribution in [0.4, 0.5) is 5.69 Å². The van der Waals surface area contributed by atoms with Crippen molar-refractivity contribution in [3.63, 3.8) is 0 Å². The summed E-state index contributed by atoms with van der Waals surface area (Å²) in [4.78, 5) is 25.0. The highest BCUT2D eigenvalue weighted by Crippen LogP contribution is 2.34. The molecular weight excluding hydrogens is 464 g/mol. The van der Waals surface area contributed by atoms with Gasteiger partial charge in [-0.2, -0.15) is 5.26 Å². The van der Waals surface area contributed by atoms with E-state index in [1.165, 1.54) is 0 Å². The Kier molecular flexibility index (Phi) is 7.84. The standard InChI is InChI=1S/C29H30N6O2/c1-5-37-26-18-12-11-17-25(26)35(29(31-19-30)32-20(2)22-13-7-6-8-14-22)21(3)27-28(36)34(4)24-16-10-9-15-23(24)33-27/h6-18,20-21H,5H2,1-4H3,(H,31,32). The molecule has 0 spiro atoms. The van der Waals surface area contributed by atoms with Gasteiger partial charge in [-0.05, 0) is 50.6 Å². The zero-order valence-electron chi connectivity index (χ0n) is 21.4. The fraction of sp³-hybridized carbons (Fsp3) is 0.241. The molecule has 1 N–H and O–H groups in total. The first-order chi connectivity index (χ1) is 18.0. The molecule has 188 valence electrons. The molecule has 8 heteroatoms. The highest BCUT2D eigenvalue weighted by molar-refractivity contribution is 5.99. The molecule has 2 unspecified atom stereocenters. The lowest BCUT2D eigenvalue weighted by Gasteiger charge is -2.32. The third kappa shape index (κ3) is 5.31. The molecule has 0 aliphatic carbocycles. The van der Waals surface area contributed by atoms with Crippen molar-refractivity contribution in [3.05, 3.63) is 100 Å². The van der Waals surface area contributed by atoms with Crippen molar-refractivity contribution in [2.24, 2.45) is 12.0 Å². The van der Waals surface area contributed by atoms with Crippen molar-refractivity contribution in [2.45, 2.75) is 32.9 Å². The van der Waals surface area contributed by atoms with Crippen LogP contribution in [0, 0.1) is 11.5 Å². The Labute approximate surface area is 216 Å². The maximum Gasteiger partial charge on any atom is 0.274 e. The van der Waals surface area contributed by atoms with E-state index in [9.17, 15) is 10.1 Å². The Balaban J connectivity index is 1.93. The fourth-order valence-corrected chi connectivity index (χ4v) is 4.33. The zero-order valence-corrected chi connectivity index (χ0v) is 21.4. The Bertz CT molecular complexity index is 1510. The first kappa shape index (κ1) is 25.5. The van der Waals surface area contributed by atoms with Gasteiger partial charge in [0.2, 0.25) is 5.96 Å². The Morgan fingerprint density at radius 3 is 2.49 bits per heavy atom. The number of rotatable bonds is 7. The molecule has 0 amide bonds. The van der Waals surface area contributed by atoms with Crippen molar-refractivity contribution in [1.82, 2.24) is 14.9 Å². The van der Waals surface area contributed by atoms with Crippen molar-refractivity contribution in [2.75, 3.05) is 11.5 Å². The number of ether oxygens (including phenoxy) is 1. The van der Waals surface area contributed by atoms with Gasteiger partial charge in [0, 0.05) is 7.05 Å². The van der Waals surface area contributed by atoms with Crippen molar-refractivity contribution < 1.29 is 4.74 Å². The molecule has 1 aromatic heterocycles. The number of fused-ring (bicyclic) bond motifs is 1. The molecular formula is C29H30N6O2. The van der Waals surface area contributed by atoms with Gasteiger partial charge in [-0.1, -0.05) is 54.6 Å². The monoisotopic (exact) mass is 494 g/mol. The number of anilines is 1. The number of nitrogens with zero attached hydrogens (tertiary/aromatic N) is 5. The molecule has 0 bridgehead atoms. The van der Waals surface area contributed by atoms with Gasteiger partial charge in [-0.3, -0.25) is 15.0 Å². The van der Waals surface area contributed by atoms with Crippen molar-refractivity contribution in [3.8, 4) is 11.9 Å². The molecule has 1 heterocycles. The SMILES string of the molecule is CCOc1ccccc1N(C(=NC(C)c1ccccc1)NC#N)C(C)c1nc2ccccc2n(C)c1=O. The Hall–Kier alpha value is -4.64. The second kappa shape index (κ2) is 11.4. The minimum atomic E-state index is -0.590. The van der Waals surface area contributed by atoms with Crippen LogP contribution in [0.5, 0.6) is 5.75 Å². The topological polar surface area (TPSA) is 95.5 Å². The van der Waals surface area contributed by atoms with Crippen LogP contribution >= 0.6 is 0 Å². The predicted molar refractivity (Wildman–Crippen MR) is 147 cm³/mol. The van der Waals surface area contributed by atoms with Gasteiger partial charge >= 0.3 is 0 Å². The molecule has 0 aliphatic rings. The number of aromatic nitrogens is 2. The Morgan fingerprint density at radius 2 is 1.76 bits per heavy atom. The number of aliphatic imine (C=N–C) groups is 1. The fourth-order valence-electron chi connectivity index (χ4n) is 4.33. The molecule has 4 rings (SSSR count). The minimum absolute atomic E-state index is 0.225. The first-order valence-electron chi connectivity index (χ1n) is 12.2. The molecule has 0 saturated carbocycles. The summed E-state index contributed by atoms with van der Waals surface area (Å²) in [6.07, 6.45) is 2.02. The number of guanidine groups is 1. The molecule has 37 heavy (non-hydrogen) atoms. The molecule has 3 aromatic carbocycles. The number of hydrogen-bond donors (Lipinski definition) is 1. The van der Waals surface area contributed by atoms with Crippen LogP contribution in [0.3, 0.4) is 0 Å². The molecule has 0 radical (unpaired) electrons. The lowest BCUT2D eigenvalue weighted by atomic mass is 10.1. The largest absolute Gasteiger partial charge is 0.492 e. The van der Waals surface area contributed by atoms with Crippen LogP contribution in [-0.4, -0.2) is 22.1 Å². The summed E-state index contributed by atoms with van der Waals surface area (Å²) in [5.74, 6) is 0.893. The summed E-state index contributed by atoms with van der Waals surface area (Å²) in [6, 6.07) is 24.0. The normalized spacial score (nSPS) is 13.0. The number of nitriles is 1. The van der Waals surface area contributed by atoms with Crippen LogP contribution in [0.25, 0.3) is 11.0 Å². The Morgan fingerprint density at radius 1 is 1.08 bits per heavy atom. The van der Waals surface area contributed by atoms with E-state index in [-0.39, 0.29) is 17.6 Å². The maximum atomic E-state index is 13.5. The number of nitrogens with one attached hydrogen (secondary N) is 1. The average molecular weight is 495 g/mol. The lowest BCUT2D eigenvalue weighted by molar-refractivity contribution is 0.340. The quantitative estimate of drug-likeness (QED) is 0.166. The van der Waals surface area contributed by atoms with E-state index < -0.39 is 6.04 Å². The summed E-state index contributed by atoms with van der Waals surface area (Å²) < 4.78 is 7.53. The molecule has 8 nitrogen and oxygen atoms in total. The van der Waals surface area contributed by atoms with Crippen molar-refractivity contribution in [1.29, 1.82) is 5.26 Å². The van der Waals surface area contributed by atoms with Gasteiger partial charge in [0.05, 0.1) is 35.4 Å². The molecule has 0 saturated heterocycles. The van der Waals surface area contributed by atoms with Crippen LogP contribution in [0.15, 0.2) is 88.6 Å². The highest BCUT2D eigenvalue weighted by atomic mass is 16.5. The van der Waals surface area contributed by atoms with E-state index in [2.05, 4.69) is 5.32 Å².